The summed E-state index contributed by atoms with van der Waals surface area (Å²) in [6.07, 6.45) is 2.05. The Morgan fingerprint density at radius 3 is 2.26 bits per heavy atom. The Kier molecular flexibility index (Phi) is 5.28. The fourth-order valence-electron chi connectivity index (χ4n) is 2.75. The highest BCUT2D eigenvalue weighted by Crippen LogP contribution is 2.33. The molecule has 1 rings (SSSR count). The molecule has 0 aromatic heterocycles. The summed E-state index contributed by atoms with van der Waals surface area (Å²) in [4.78, 5) is 14.3. The maximum absolute atomic E-state index is 12.3. The van der Waals surface area contributed by atoms with Gasteiger partial charge in [0.1, 0.15) is 5.60 Å². The van der Waals surface area contributed by atoms with Gasteiger partial charge in [0.25, 0.3) is 0 Å². The second kappa shape index (κ2) is 6.15. The first-order chi connectivity index (χ1) is 8.60. The van der Waals surface area contributed by atoms with Gasteiger partial charge in [0.2, 0.25) is 0 Å². The van der Waals surface area contributed by atoms with Gasteiger partial charge in [0, 0.05) is 12.6 Å². The van der Waals surface area contributed by atoms with Crippen LogP contribution in [0.2, 0.25) is 0 Å². The van der Waals surface area contributed by atoms with Crippen LogP contribution >= 0.6 is 0 Å². The zero-order chi connectivity index (χ0) is 14.8. The molecule has 3 nitrogen and oxygen atoms in total. The first-order valence-electron chi connectivity index (χ1n) is 7.59. The van der Waals surface area contributed by atoms with E-state index in [0.29, 0.717) is 23.8 Å². The molecule has 19 heavy (non-hydrogen) atoms. The highest BCUT2D eigenvalue weighted by Gasteiger charge is 2.38. The zero-order valence-corrected chi connectivity index (χ0v) is 13.7. The van der Waals surface area contributed by atoms with Crippen LogP contribution in [0.5, 0.6) is 0 Å². The van der Waals surface area contributed by atoms with Crippen LogP contribution in [0.3, 0.4) is 0 Å². The summed E-state index contributed by atoms with van der Waals surface area (Å²) in [5, 5.41) is 0. The molecule has 1 aliphatic heterocycles. The summed E-state index contributed by atoms with van der Waals surface area (Å²) in [6.45, 7) is 15.6. The van der Waals surface area contributed by atoms with Gasteiger partial charge in [-0.15, -0.1) is 0 Å². The van der Waals surface area contributed by atoms with Crippen molar-refractivity contribution in [3.63, 3.8) is 0 Å². The second-order valence-corrected chi connectivity index (χ2v) is 7.66. The molecular weight excluding hydrogens is 238 g/mol. The standard InChI is InChI=1S/C16H31NO2/c1-11(2)8-14-9-13(12(3)4)10-17(14)15(18)19-16(5,6)7/h11-14H,8-10H2,1-7H3. The number of amides is 1. The van der Waals surface area contributed by atoms with E-state index in [1.165, 1.54) is 0 Å². The van der Waals surface area contributed by atoms with Crippen molar-refractivity contribution in [2.75, 3.05) is 6.54 Å². The lowest BCUT2D eigenvalue weighted by atomic mass is 9.91. The van der Waals surface area contributed by atoms with Crippen molar-refractivity contribution in [3.05, 3.63) is 0 Å². The topological polar surface area (TPSA) is 29.5 Å². The number of nitrogens with zero attached hydrogens (tertiary/aromatic N) is 1. The molecule has 2 unspecified atom stereocenters. The molecule has 0 saturated carbocycles. The summed E-state index contributed by atoms with van der Waals surface area (Å²) in [6, 6.07) is 0.349. The van der Waals surface area contributed by atoms with E-state index in [9.17, 15) is 4.79 Å². The van der Waals surface area contributed by atoms with Gasteiger partial charge >= 0.3 is 6.09 Å². The molecule has 2 atom stereocenters. The lowest BCUT2D eigenvalue weighted by Gasteiger charge is -2.29. The van der Waals surface area contributed by atoms with Gasteiger partial charge in [-0.1, -0.05) is 27.7 Å². The van der Waals surface area contributed by atoms with Crippen LogP contribution < -0.4 is 0 Å². The van der Waals surface area contributed by atoms with E-state index >= 15 is 0 Å². The number of carbonyl (C=O) groups excluding carboxylic acids is 1. The van der Waals surface area contributed by atoms with Crippen LogP contribution in [0.4, 0.5) is 4.79 Å². The minimum Gasteiger partial charge on any atom is -0.444 e. The van der Waals surface area contributed by atoms with Gasteiger partial charge in [-0.05, 0) is 51.4 Å². The lowest BCUT2D eigenvalue weighted by molar-refractivity contribution is 0.0205. The van der Waals surface area contributed by atoms with Crippen LogP contribution in [0.25, 0.3) is 0 Å². The molecule has 1 fully saturated rings. The van der Waals surface area contributed by atoms with E-state index in [1.807, 2.05) is 25.7 Å². The molecule has 0 aromatic carbocycles. The quantitative estimate of drug-likeness (QED) is 0.764. The third kappa shape index (κ3) is 5.04. The molecule has 1 aliphatic rings. The number of rotatable bonds is 3. The second-order valence-electron chi connectivity index (χ2n) is 7.66. The van der Waals surface area contributed by atoms with Crippen LogP contribution in [-0.4, -0.2) is 29.2 Å². The van der Waals surface area contributed by atoms with E-state index < -0.39 is 5.60 Å². The molecule has 1 saturated heterocycles. The molecule has 0 radical (unpaired) electrons. The molecule has 0 spiro atoms. The number of likely N-dealkylation sites (tertiary alicyclic amines) is 1. The van der Waals surface area contributed by atoms with Gasteiger partial charge < -0.3 is 9.64 Å². The number of hydrogen-bond acceptors (Lipinski definition) is 2. The van der Waals surface area contributed by atoms with Crippen LogP contribution in [-0.2, 0) is 4.74 Å². The normalized spacial score (nSPS) is 24.4. The first kappa shape index (κ1) is 16.3. The Bertz CT molecular complexity index is 304. The Morgan fingerprint density at radius 1 is 1.26 bits per heavy atom. The maximum Gasteiger partial charge on any atom is 0.410 e. The van der Waals surface area contributed by atoms with Gasteiger partial charge in [-0.2, -0.15) is 0 Å². The SMILES string of the molecule is CC(C)CC1CC(C(C)C)CN1C(=O)OC(C)(C)C. The van der Waals surface area contributed by atoms with Gasteiger partial charge in [-0.3, -0.25) is 0 Å². The molecule has 0 aliphatic carbocycles. The van der Waals surface area contributed by atoms with E-state index in [1.54, 1.807) is 0 Å². The Morgan fingerprint density at radius 2 is 1.84 bits per heavy atom. The largest absolute Gasteiger partial charge is 0.444 e. The van der Waals surface area contributed by atoms with Crippen molar-refractivity contribution in [2.45, 2.75) is 73.0 Å². The summed E-state index contributed by atoms with van der Waals surface area (Å²) in [5.74, 6) is 1.85. The summed E-state index contributed by atoms with van der Waals surface area (Å²) in [7, 11) is 0. The lowest BCUT2D eigenvalue weighted by Crippen LogP contribution is -2.40. The van der Waals surface area contributed by atoms with Crippen molar-refractivity contribution in [3.8, 4) is 0 Å². The fourth-order valence-corrected chi connectivity index (χ4v) is 2.75. The van der Waals surface area contributed by atoms with Crippen molar-refractivity contribution < 1.29 is 9.53 Å². The highest BCUT2D eigenvalue weighted by molar-refractivity contribution is 5.69. The predicted molar refractivity (Wildman–Crippen MR) is 79.1 cm³/mol. The van der Waals surface area contributed by atoms with Crippen LogP contribution in [0.1, 0.15) is 61.3 Å². The summed E-state index contributed by atoms with van der Waals surface area (Å²) < 4.78 is 5.55. The van der Waals surface area contributed by atoms with E-state index in [4.69, 9.17) is 4.74 Å². The molecule has 1 amide bonds. The number of ether oxygens (including phenoxy) is 1. The Hall–Kier alpha value is -0.730. The molecule has 1 heterocycles. The molecule has 0 bridgehead atoms. The van der Waals surface area contributed by atoms with Crippen molar-refractivity contribution >= 4 is 6.09 Å². The van der Waals surface area contributed by atoms with Gasteiger partial charge in [0.05, 0.1) is 0 Å². The monoisotopic (exact) mass is 269 g/mol. The number of carbonyl (C=O) groups is 1. The smallest absolute Gasteiger partial charge is 0.410 e. The fraction of sp³-hybridized carbons (Fsp3) is 0.938. The van der Waals surface area contributed by atoms with Crippen LogP contribution in [0.15, 0.2) is 0 Å². The number of hydrogen-bond donors (Lipinski definition) is 0. The first-order valence-corrected chi connectivity index (χ1v) is 7.59. The molecular formula is C16H31NO2. The van der Waals surface area contributed by atoms with Crippen LogP contribution in [0, 0.1) is 17.8 Å². The van der Waals surface area contributed by atoms with E-state index in [2.05, 4.69) is 27.7 Å². The van der Waals surface area contributed by atoms with Gasteiger partial charge in [0.15, 0.2) is 0 Å². The average Bonchev–Trinajstić information content (AvgIpc) is 2.57. The third-order valence-corrected chi connectivity index (χ3v) is 3.76. The molecule has 3 heteroatoms. The Balaban J connectivity index is 2.73. The minimum atomic E-state index is -0.407. The van der Waals surface area contributed by atoms with Crippen molar-refractivity contribution in [1.29, 1.82) is 0 Å². The van der Waals surface area contributed by atoms with Crippen molar-refractivity contribution in [1.82, 2.24) is 4.90 Å². The maximum atomic E-state index is 12.3. The predicted octanol–water partition coefficient (Wildman–Crippen LogP) is 4.31. The van der Waals surface area contributed by atoms with E-state index in [0.717, 1.165) is 19.4 Å². The van der Waals surface area contributed by atoms with E-state index in [-0.39, 0.29) is 6.09 Å². The molecule has 0 N–H and O–H groups in total. The third-order valence-electron chi connectivity index (χ3n) is 3.76. The molecule has 0 aromatic rings. The average molecular weight is 269 g/mol. The van der Waals surface area contributed by atoms with Gasteiger partial charge in [-0.25, -0.2) is 4.79 Å². The van der Waals surface area contributed by atoms with Crippen molar-refractivity contribution in [2.24, 2.45) is 17.8 Å². The molecule has 112 valence electrons. The summed E-state index contributed by atoms with van der Waals surface area (Å²) >= 11 is 0. The minimum absolute atomic E-state index is 0.138. The Labute approximate surface area is 118 Å². The summed E-state index contributed by atoms with van der Waals surface area (Å²) in [5.41, 5.74) is -0.407. The zero-order valence-electron chi connectivity index (χ0n) is 13.7. The highest BCUT2D eigenvalue weighted by atomic mass is 16.6.